The van der Waals surface area contributed by atoms with E-state index in [1.54, 1.807) is 6.92 Å². The summed E-state index contributed by atoms with van der Waals surface area (Å²) in [7, 11) is 0.967. The van der Waals surface area contributed by atoms with E-state index in [9.17, 15) is 9.59 Å². The first-order chi connectivity index (χ1) is 7.61. The molecule has 0 aromatic rings. The summed E-state index contributed by atoms with van der Waals surface area (Å²) in [5.74, 6) is 0. The summed E-state index contributed by atoms with van der Waals surface area (Å²) in [6.45, 7) is 1.58. The van der Waals surface area contributed by atoms with E-state index < -0.39 is 20.5 Å². The van der Waals surface area contributed by atoms with Gasteiger partial charge in [-0.15, -0.1) is 0 Å². The van der Waals surface area contributed by atoms with E-state index in [4.69, 9.17) is 13.3 Å². The highest BCUT2D eigenvalue weighted by Crippen LogP contribution is 2.19. The van der Waals surface area contributed by atoms with Crippen molar-refractivity contribution in [3.63, 3.8) is 0 Å². The van der Waals surface area contributed by atoms with Crippen LogP contribution in [0.4, 0.5) is 0 Å². The van der Waals surface area contributed by atoms with Crippen molar-refractivity contribution in [3.05, 3.63) is 0 Å². The molecule has 2 atom stereocenters. The van der Waals surface area contributed by atoms with Gasteiger partial charge in [0.1, 0.15) is 0 Å². The number of rotatable bonds is 7. The van der Waals surface area contributed by atoms with Crippen LogP contribution in [0, 0.1) is 0 Å². The molecule has 7 nitrogen and oxygen atoms in total. The molecule has 0 aromatic heterocycles. The first-order valence-electron chi connectivity index (χ1n) is 4.41. The fourth-order valence-corrected chi connectivity index (χ4v) is 3.41. The lowest BCUT2D eigenvalue weighted by Crippen LogP contribution is -2.57. The second-order valence-corrected chi connectivity index (χ2v) is 5.87. The van der Waals surface area contributed by atoms with Crippen LogP contribution in [0.15, 0.2) is 9.98 Å². The van der Waals surface area contributed by atoms with Crippen LogP contribution in [0.25, 0.3) is 0 Å². The Balaban J connectivity index is 5.28. The molecule has 2 unspecified atom stereocenters. The zero-order valence-electron chi connectivity index (χ0n) is 9.59. The Morgan fingerprint density at radius 3 is 1.75 bits per heavy atom. The minimum Gasteiger partial charge on any atom is -0.376 e. The zero-order valence-corrected chi connectivity index (χ0v) is 10.6. The van der Waals surface area contributed by atoms with Crippen molar-refractivity contribution in [2.45, 2.75) is 18.6 Å². The van der Waals surface area contributed by atoms with E-state index >= 15 is 0 Å². The SMILES string of the molecule is CO[Si](OC)(OC)C(N=C=O)C(C)N=C=O. The molecule has 0 bridgehead atoms. The Hall–Kier alpha value is -1.14. The van der Waals surface area contributed by atoms with Gasteiger partial charge in [-0.05, 0) is 6.92 Å². The maximum atomic E-state index is 10.3. The van der Waals surface area contributed by atoms with Gasteiger partial charge in [0.05, 0.1) is 6.04 Å². The van der Waals surface area contributed by atoms with Crippen LogP contribution < -0.4 is 0 Å². The number of isocyanates is 2. The Labute approximate surface area is 94.5 Å². The van der Waals surface area contributed by atoms with E-state index in [1.807, 2.05) is 0 Å². The van der Waals surface area contributed by atoms with Crippen LogP contribution in [0.1, 0.15) is 6.92 Å². The average molecular weight is 246 g/mol. The quantitative estimate of drug-likeness (QED) is 0.354. The van der Waals surface area contributed by atoms with Crippen LogP contribution in [-0.2, 0) is 22.9 Å². The Bertz CT molecular complexity index is 299. The molecule has 0 fully saturated rings. The highest BCUT2D eigenvalue weighted by atomic mass is 28.4. The van der Waals surface area contributed by atoms with Gasteiger partial charge in [-0.2, -0.15) is 4.99 Å². The third kappa shape index (κ3) is 3.18. The number of nitrogens with zero attached hydrogens (tertiary/aromatic N) is 2. The number of hydrogen-bond acceptors (Lipinski definition) is 7. The first kappa shape index (κ1) is 14.9. The van der Waals surface area contributed by atoms with Gasteiger partial charge < -0.3 is 13.3 Å². The minimum atomic E-state index is -3.17. The highest BCUT2D eigenvalue weighted by molar-refractivity contribution is 6.62. The molecule has 0 saturated carbocycles. The molecular weight excluding hydrogens is 232 g/mol. The molecule has 0 N–H and O–H groups in total. The number of hydrogen-bond donors (Lipinski definition) is 0. The fourth-order valence-electron chi connectivity index (χ4n) is 1.31. The van der Waals surface area contributed by atoms with Gasteiger partial charge in [0, 0.05) is 21.3 Å². The summed E-state index contributed by atoms with van der Waals surface area (Å²) in [4.78, 5) is 27.5. The monoisotopic (exact) mass is 246 g/mol. The lowest BCUT2D eigenvalue weighted by Gasteiger charge is -2.30. The maximum Gasteiger partial charge on any atom is 0.529 e. The smallest absolute Gasteiger partial charge is 0.376 e. The van der Waals surface area contributed by atoms with Gasteiger partial charge in [0.2, 0.25) is 12.2 Å². The number of aliphatic imine (C=N–C) groups is 2. The number of carbonyl (C=O) groups excluding carboxylic acids is 2. The fraction of sp³-hybridized carbons (Fsp3) is 0.750. The zero-order chi connectivity index (χ0) is 12.6. The second-order valence-electron chi connectivity index (χ2n) is 2.84. The van der Waals surface area contributed by atoms with Crippen molar-refractivity contribution >= 4 is 21.0 Å². The standard InChI is InChI=1S/C8H14N2O5Si/c1-7(9-5-11)8(10-6-12)16(13-2,14-3)15-4/h7-8H,1-4H3. The summed E-state index contributed by atoms with van der Waals surface area (Å²) in [5, 5.41) is 0. The van der Waals surface area contributed by atoms with Gasteiger partial charge in [0.25, 0.3) is 0 Å². The summed E-state index contributed by atoms with van der Waals surface area (Å²) in [5.41, 5.74) is -0.813. The third-order valence-corrected chi connectivity index (χ3v) is 5.16. The molecular formula is C8H14N2O5Si. The Morgan fingerprint density at radius 1 is 1.00 bits per heavy atom. The predicted molar refractivity (Wildman–Crippen MR) is 56.3 cm³/mol. The Morgan fingerprint density at radius 2 is 1.44 bits per heavy atom. The van der Waals surface area contributed by atoms with E-state index in [0.717, 1.165) is 0 Å². The summed E-state index contributed by atoms with van der Waals surface area (Å²) in [6.07, 6.45) is 2.79. The van der Waals surface area contributed by atoms with Gasteiger partial charge >= 0.3 is 8.80 Å². The highest BCUT2D eigenvalue weighted by Gasteiger charge is 2.51. The predicted octanol–water partition coefficient (Wildman–Crippen LogP) is -0.168. The molecule has 16 heavy (non-hydrogen) atoms. The van der Waals surface area contributed by atoms with Crippen LogP contribution in [0.3, 0.4) is 0 Å². The molecule has 8 heteroatoms. The summed E-state index contributed by atoms with van der Waals surface area (Å²) >= 11 is 0. The molecule has 0 saturated heterocycles. The Kier molecular flexibility index (Phi) is 6.67. The van der Waals surface area contributed by atoms with Gasteiger partial charge in [-0.1, -0.05) is 0 Å². The molecule has 0 heterocycles. The van der Waals surface area contributed by atoms with Crippen LogP contribution in [0.5, 0.6) is 0 Å². The lowest BCUT2D eigenvalue weighted by molar-refractivity contribution is 0.110. The topological polar surface area (TPSA) is 86.5 Å². The molecule has 0 aliphatic rings. The van der Waals surface area contributed by atoms with Crippen molar-refractivity contribution in [1.29, 1.82) is 0 Å². The van der Waals surface area contributed by atoms with E-state index in [1.165, 1.54) is 33.5 Å². The maximum absolute atomic E-state index is 10.3. The molecule has 0 spiro atoms. The first-order valence-corrected chi connectivity index (χ1v) is 6.21. The van der Waals surface area contributed by atoms with Gasteiger partial charge in [-0.3, -0.25) is 0 Å². The average Bonchev–Trinajstić information content (AvgIpc) is 2.31. The third-order valence-electron chi connectivity index (χ3n) is 2.12. The molecule has 0 aromatic carbocycles. The van der Waals surface area contributed by atoms with Crippen LogP contribution in [0.2, 0.25) is 0 Å². The second kappa shape index (κ2) is 7.18. The largest absolute Gasteiger partial charge is 0.529 e. The molecule has 0 radical (unpaired) electrons. The minimum absolute atomic E-state index is 0.634. The van der Waals surface area contributed by atoms with Crippen molar-refractivity contribution in [2.75, 3.05) is 21.3 Å². The normalized spacial score (nSPS) is 14.5. The van der Waals surface area contributed by atoms with Crippen molar-refractivity contribution in [1.82, 2.24) is 0 Å². The molecule has 90 valence electrons. The van der Waals surface area contributed by atoms with E-state index in [2.05, 4.69) is 9.98 Å². The lowest BCUT2D eigenvalue weighted by atomic mass is 10.3. The van der Waals surface area contributed by atoms with E-state index in [0.29, 0.717) is 0 Å². The van der Waals surface area contributed by atoms with Crippen LogP contribution >= 0.6 is 0 Å². The van der Waals surface area contributed by atoms with Crippen molar-refractivity contribution in [3.8, 4) is 0 Å². The van der Waals surface area contributed by atoms with Gasteiger partial charge in [0.15, 0.2) is 5.67 Å². The van der Waals surface area contributed by atoms with Crippen molar-refractivity contribution < 1.29 is 22.9 Å². The van der Waals surface area contributed by atoms with Crippen molar-refractivity contribution in [2.24, 2.45) is 9.98 Å². The molecule has 0 rings (SSSR count). The summed E-state index contributed by atoms with van der Waals surface area (Å²) < 4.78 is 15.5. The van der Waals surface area contributed by atoms with Gasteiger partial charge in [-0.25, -0.2) is 14.6 Å². The summed E-state index contributed by atoms with van der Waals surface area (Å²) in [6, 6.07) is -0.634. The molecule has 0 aliphatic carbocycles. The van der Waals surface area contributed by atoms with E-state index in [-0.39, 0.29) is 0 Å². The molecule has 0 aliphatic heterocycles. The molecule has 0 amide bonds. The van der Waals surface area contributed by atoms with Crippen LogP contribution in [-0.4, -0.2) is 54.0 Å².